The number of amides is 1. The fraction of sp³-hybridized carbons (Fsp3) is 0.235. The van der Waals surface area contributed by atoms with Crippen LogP contribution in [-0.4, -0.2) is 30.4 Å². The lowest BCUT2D eigenvalue weighted by Gasteiger charge is -2.05. The van der Waals surface area contributed by atoms with Crippen molar-refractivity contribution < 1.29 is 18.5 Å². The van der Waals surface area contributed by atoms with Crippen LogP contribution in [0.1, 0.15) is 23.4 Å². The van der Waals surface area contributed by atoms with E-state index in [1.165, 1.54) is 11.6 Å². The zero-order valence-corrected chi connectivity index (χ0v) is 18.7. The van der Waals surface area contributed by atoms with Gasteiger partial charge in [0.25, 0.3) is 6.43 Å². The molecule has 31 heavy (non-hydrogen) atoms. The Hall–Kier alpha value is -2.57. The number of hydrogen-bond acceptors (Lipinski definition) is 5. The molecule has 3 rings (SSSR count). The summed E-state index contributed by atoms with van der Waals surface area (Å²) in [6, 6.07) is 5.11. The van der Waals surface area contributed by atoms with Crippen LogP contribution in [0.3, 0.4) is 0 Å². The lowest BCUT2D eigenvalue weighted by atomic mass is 10.2. The van der Waals surface area contributed by atoms with Gasteiger partial charge in [0.05, 0.1) is 26.0 Å². The number of anilines is 1. The highest BCUT2D eigenvalue weighted by atomic mass is 79.9. The van der Waals surface area contributed by atoms with Crippen molar-refractivity contribution in [3.63, 3.8) is 0 Å². The van der Waals surface area contributed by atoms with Crippen molar-refractivity contribution in [3.05, 3.63) is 66.0 Å². The average molecular weight is 538 g/mol. The van der Waals surface area contributed by atoms with E-state index in [-0.39, 0.29) is 11.5 Å². The molecule has 0 aliphatic heterocycles. The van der Waals surface area contributed by atoms with Gasteiger partial charge in [0.15, 0.2) is 5.82 Å². The molecule has 1 N–H and O–H groups in total. The van der Waals surface area contributed by atoms with Crippen molar-refractivity contribution in [2.45, 2.75) is 26.4 Å². The van der Waals surface area contributed by atoms with E-state index in [0.29, 0.717) is 21.1 Å². The fourth-order valence-corrected chi connectivity index (χ4v) is 3.52. The highest BCUT2D eigenvalue weighted by Gasteiger charge is 2.31. The van der Waals surface area contributed by atoms with Crippen molar-refractivity contribution in [1.29, 1.82) is 0 Å². The van der Waals surface area contributed by atoms with E-state index in [4.69, 9.17) is 23.2 Å². The second-order valence-electron chi connectivity index (χ2n) is 6.35. The van der Waals surface area contributed by atoms with Gasteiger partial charge < -0.3 is 5.32 Å². The van der Waals surface area contributed by atoms with E-state index in [0.717, 1.165) is 10.2 Å². The fourth-order valence-electron chi connectivity index (χ4n) is 2.78. The van der Waals surface area contributed by atoms with Gasteiger partial charge in [-0.15, -0.1) is 0 Å². The van der Waals surface area contributed by atoms with Gasteiger partial charge in [-0.2, -0.15) is 10.2 Å². The number of nitrogens with zero attached hydrogens (tertiary/aromatic N) is 5. The van der Waals surface area contributed by atoms with Crippen LogP contribution in [0.5, 0.6) is 0 Å². The van der Waals surface area contributed by atoms with Gasteiger partial charge >= 0.3 is 5.69 Å². The van der Waals surface area contributed by atoms with Crippen molar-refractivity contribution in [3.8, 4) is 0 Å². The first-order chi connectivity index (χ1) is 14.6. The summed E-state index contributed by atoms with van der Waals surface area (Å²) in [5, 5.41) is 22.1. The van der Waals surface area contributed by atoms with Gasteiger partial charge in [0.1, 0.15) is 12.2 Å². The summed E-state index contributed by atoms with van der Waals surface area (Å²) in [7, 11) is 0. The summed E-state index contributed by atoms with van der Waals surface area (Å²) in [6.07, 6.45) is -1.52. The molecule has 0 atom stereocenters. The van der Waals surface area contributed by atoms with Gasteiger partial charge in [-0.05, 0) is 40.5 Å². The number of carbonyl (C=O) groups is 1. The molecule has 1 aromatic carbocycles. The predicted molar refractivity (Wildman–Crippen MR) is 113 cm³/mol. The van der Waals surface area contributed by atoms with Crippen LogP contribution in [-0.2, 0) is 17.9 Å². The van der Waals surface area contributed by atoms with Crippen LogP contribution in [0, 0.1) is 17.0 Å². The molecule has 0 unspecified atom stereocenters. The first-order valence-corrected chi connectivity index (χ1v) is 10.1. The van der Waals surface area contributed by atoms with Gasteiger partial charge in [-0.25, -0.2) is 8.78 Å². The molecule has 9 nitrogen and oxygen atoms in total. The number of nitro groups is 1. The maximum atomic E-state index is 13.0. The summed E-state index contributed by atoms with van der Waals surface area (Å²) in [5.41, 5.74) is -1.13. The van der Waals surface area contributed by atoms with Gasteiger partial charge in [0, 0.05) is 6.20 Å². The second-order valence-corrected chi connectivity index (χ2v) is 8.02. The Morgan fingerprint density at radius 1 is 1.32 bits per heavy atom. The maximum absolute atomic E-state index is 13.0. The number of alkyl halides is 2. The number of benzene rings is 1. The second kappa shape index (κ2) is 9.28. The molecule has 164 valence electrons. The van der Waals surface area contributed by atoms with Gasteiger partial charge in [-0.3, -0.25) is 24.3 Å². The lowest BCUT2D eigenvalue weighted by Crippen LogP contribution is -2.21. The summed E-state index contributed by atoms with van der Waals surface area (Å²) < 4.78 is 28.9. The zero-order valence-electron chi connectivity index (χ0n) is 15.7. The number of aromatic nitrogens is 4. The van der Waals surface area contributed by atoms with E-state index in [2.05, 4.69) is 31.4 Å². The normalized spacial score (nSPS) is 11.2. The summed E-state index contributed by atoms with van der Waals surface area (Å²) in [4.78, 5) is 22.5. The minimum atomic E-state index is -3.14. The zero-order chi connectivity index (χ0) is 22.9. The molecule has 2 aromatic heterocycles. The quantitative estimate of drug-likeness (QED) is 0.337. The number of hydrogen-bond donors (Lipinski definition) is 1. The molecule has 0 radical (unpaired) electrons. The maximum Gasteiger partial charge on any atom is 0.319 e. The Balaban J connectivity index is 1.73. The molecule has 0 bridgehead atoms. The summed E-state index contributed by atoms with van der Waals surface area (Å²) in [6.45, 7) is 1.07. The van der Waals surface area contributed by atoms with E-state index >= 15 is 0 Å². The first kappa shape index (κ1) is 23.1. The number of halogens is 5. The minimum absolute atomic E-state index is 0.153. The van der Waals surface area contributed by atoms with Crippen LogP contribution in [0.2, 0.25) is 10.0 Å². The smallest absolute Gasteiger partial charge is 0.307 e. The third-order valence-electron chi connectivity index (χ3n) is 4.19. The number of nitrogens with one attached hydrogen (secondary N) is 1. The van der Waals surface area contributed by atoms with E-state index in [1.807, 2.05) is 0 Å². The van der Waals surface area contributed by atoms with Gasteiger partial charge in [-0.1, -0.05) is 29.3 Å². The SMILES string of the molecule is Cc1c([N+](=O)[O-])c(C(F)F)nn1CC(=O)Nc1nn(Cc2ccc(Cl)c(Cl)c2)cc1Br. The minimum Gasteiger partial charge on any atom is -0.307 e. The van der Waals surface area contributed by atoms with Crippen molar-refractivity contribution in [1.82, 2.24) is 19.6 Å². The Kier molecular flexibility index (Phi) is 6.92. The first-order valence-electron chi connectivity index (χ1n) is 8.53. The largest absolute Gasteiger partial charge is 0.319 e. The lowest BCUT2D eigenvalue weighted by molar-refractivity contribution is -0.386. The average Bonchev–Trinajstić information content (AvgIpc) is 3.18. The van der Waals surface area contributed by atoms with Crippen LogP contribution in [0.25, 0.3) is 0 Å². The topological polar surface area (TPSA) is 108 Å². The standard InChI is InChI=1S/C17H13BrCl2F2N6O3/c1-8-15(28(30)31)14(16(21)22)24-27(8)7-13(29)23-17-10(18)6-26(25-17)5-9-2-3-11(19)12(20)4-9/h2-4,6,16H,5,7H2,1H3,(H,23,25,29). The monoisotopic (exact) mass is 536 g/mol. The molecular weight excluding hydrogens is 525 g/mol. The van der Waals surface area contributed by atoms with Crippen LogP contribution in [0.15, 0.2) is 28.9 Å². The van der Waals surface area contributed by atoms with Crippen LogP contribution >= 0.6 is 39.1 Å². The van der Waals surface area contributed by atoms with Gasteiger partial charge in [0.2, 0.25) is 11.6 Å². The molecular formula is C17H13BrCl2F2N6O3. The molecule has 0 saturated carbocycles. The highest BCUT2D eigenvalue weighted by Crippen LogP contribution is 2.31. The Labute approximate surface area is 192 Å². The summed E-state index contributed by atoms with van der Waals surface area (Å²) in [5.74, 6) is -0.472. The predicted octanol–water partition coefficient (Wildman–Crippen LogP) is 4.99. The molecule has 0 aliphatic carbocycles. The van der Waals surface area contributed by atoms with Crippen molar-refractivity contribution in [2.24, 2.45) is 0 Å². The highest BCUT2D eigenvalue weighted by molar-refractivity contribution is 9.10. The molecule has 0 fully saturated rings. The number of carbonyl (C=O) groups excluding carboxylic acids is 1. The Morgan fingerprint density at radius 2 is 2.03 bits per heavy atom. The third-order valence-corrected chi connectivity index (χ3v) is 5.51. The van der Waals surface area contributed by atoms with Crippen LogP contribution < -0.4 is 5.32 Å². The van der Waals surface area contributed by atoms with E-state index in [9.17, 15) is 23.7 Å². The number of rotatable bonds is 7. The van der Waals surface area contributed by atoms with Crippen molar-refractivity contribution in [2.75, 3.05) is 5.32 Å². The molecule has 14 heteroatoms. The summed E-state index contributed by atoms with van der Waals surface area (Å²) >= 11 is 15.2. The molecule has 2 heterocycles. The molecule has 0 aliphatic rings. The van der Waals surface area contributed by atoms with E-state index < -0.39 is 35.2 Å². The molecule has 0 saturated heterocycles. The Bertz CT molecular complexity index is 1170. The Morgan fingerprint density at radius 3 is 2.61 bits per heavy atom. The van der Waals surface area contributed by atoms with Crippen LogP contribution in [0.4, 0.5) is 20.3 Å². The van der Waals surface area contributed by atoms with Crippen molar-refractivity contribution >= 4 is 56.5 Å². The van der Waals surface area contributed by atoms with E-state index in [1.54, 1.807) is 24.4 Å². The molecule has 3 aromatic rings. The molecule has 1 amide bonds. The third kappa shape index (κ3) is 5.20. The molecule has 0 spiro atoms.